The molecule has 67 heavy (non-hydrogen) atoms. The average molecular weight is 947 g/mol. The largest absolute Gasteiger partial charge is 0.466 e. The van der Waals surface area contributed by atoms with Crippen LogP contribution in [-0.2, 0) is 14.3 Å². The molecule has 0 aromatic carbocycles. The van der Waals surface area contributed by atoms with Gasteiger partial charge in [-0.1, -0.05) is 289 Å². The van der Waals surface area contributed by atoms with Crippen molar-refractivity contribution in [2.45, 2.75) is 353 Å². The summed E-state index contributed by atoms with van der Waals surface area (Å²) in [5.74, 6) is -0.0220. The minimum Gasteiger partial charge on any atom is -0.466 e. The highest BCUT2D eigenvalue weighted by atomic mass is 16.5. The third-order valence-electron chi connectivity index (χ3n) is 14.3. The predicted octanol–water partition coefficient (Wildman–Crippen LogP) is 18.9. The molecule has 0 rings (SSSR count). The highest BCUT2D eigenvalue weighted by molar-refractivity contribution is 5.76. The van der Waals surface area contributed by atoms with Crippen molar-refractivity contribution in [2.75, 3.05) is 13.2 Å². The molecular weight excluding hydrogens is 827 g/mol. The Bertz CT molecular complexity index is 1000. The molecule has 0 aromatic heterocycles. The molecule has 0 aliphatic carbocycles. The number of unbranched alkanes of at least 4 members (excludes halogenated alkanes) is 44. The summed E-state index contributed by atoms with van der Waals surface area (Å²) in [6, 6.07) is -0.541. The standard InChI is InChI=1S/C61H119NO5/c1-3-5-7-9-11-13-14-15-16-29-32-35-39-43-47-51-55-61(66)67-56-52-48-44-40-36-33-30-27-25-23-21-19-17-18-20-22-24-26-28-31-34-38-42-46-50-54-60(65)62-58(57-63)59(64)53-49-45-41-37-12-10-8-6-4-2/h18,20,58-59,63-64H,3-17,19,21-57H2,1-2H3,(H,62,65)/b20-18-. The summed E-state index contributed by atoms with van der Waals surface area (Å²) in [5.41, 5.74) is 0. The van der Waals surface area contributed by atoms with Crippen LogP contribution in [0.3, 0.4) is 0 Å². The van der Waals surface area contributed by atoms with Crippen LogP contribution in [0.4, 0.5) is 0 Å². The first kappa shape index (κ1) is 65.6. The Morgan fingerprint density at radius 3 is 1.06 bits per heavy atom. The fraction of sp³-hybridized carbons (Fsp3) is 0.934. The molecule has 0 fully saturated rings. The number of esters is 1. The lowest BCUT2D eigenvalue weighted by atomic mass is 10.0. The van der Waals surface area contributed by atoms with Crippen molar-refractivity contribution in [3.05, 3.63) is 12.2 Å². The van der Waals surface area contributed by atoms with E-state index in [-0.39, 0.29) is 18.5 Å². The summed E-state index contributed by atoms with van der Waals surface area (Å²) >= 11 is 0. The Morgan fingerprint density at radius 1 is 0.403 bits per heavy atom. The van der Waals surface area contributed by atoms with Gasteiger partial charge in [-0.25, -0.2) is 0 Å². The molecule has 3 N–H and O–H groups in total. The van der Waals surface area contributed by atoms with E-state index in [1.807, 2.05) is 0 Å². The van der Waals surface area contributed by atoms with Crippen molar-refractivity contribution < 1.29 is 24.5 Å². The molecule has 398 valence electrons. The summed E-state index contributed by atoms with van der Waals surface area (Å²) in [7, 11) is 0. The molecule has 0 saturated carbocycles. The average Bonchev–Trinajstić information content (AvgIpc) is 3.33. The van der Waals surface area contributed by atoms with E-state index < -0.39 is 12.1 Å². The van der Waals surface area contributed by atoms with Crippen molar-refractivity contribution in [1.82, 2.24) is 5.32 Å². The quantitative estimate of drug-likeness (QED) is 0.0321. The van der Waals surface area contributed by atoms with Crippen LogP contribution in [0.25, 0.3) is 0 Å². The van der Waals surface area contributed by atoms with Gasteiger partial charge in [0.25, 0.3) is 0 Å². The second-order valence-corrected chi connectivity index (χ2v) is 21.0. The van der Waals surface area contributed by atoms with Crippen LogP contribution in [0.5, 0.6) is 0 Å². The maximum Gasteiger partial charge on any atom is 0.305 e. The van der Waals surface area contributed by atoms with E-state index in [9.17, 15) is 19.8 Å². The molecule has 0 spiro atoms. The zero-order valence-corrected chi connectivity index (χ0v) is 45.4. The zero-order valence-electron chi connectivity index (χ0n) is 45.4. The topological polar surface area (TPSA) is 95.9 Å². The highest BCUT2D eigenvalue weighted by Gasteiger charge is 2.20. The number of allylic oxidation sites excluding steroid dienone is 2. The number of nitrogens with one attached hydrogen (secondary N) is 1. The van der Waals surface area contributed by atoms with Crippen molar-refractivity contribution >= 4 is 11.9 Å². The number of carbonyl (C=O) groups is 2. The molecule has 0 saturated heterocycles. The fourth-order valence-corrected chi connectivity index (χ4v) is 9.64. The maximum absolute atomic E-state index is 12.4. The Labute approximate surface area is 419 Å². The summed E-state index contributed by atoms with van der Waals surface area (Å²) in [5, 5.41) is 23.1. The second-order valence-electron chi connectivity index (χ2n) is 21.0. The van der Waals surface area contributed by atoms with Crippen LogP contribution in [0.15, 0.2) is 12.2 Å². The normalized spacial score (nSPS) is 12.6. The smallest absolute Gasteiger partial charge is 0.305 e. The third kappa shape index (κ3) is 53.8. The highest BCUT2D eigenvalue weighted by Crippen LogP contribution is 2.18. The van der Waals surface area contributed by atoms with E-state index in [0.29, 0.717) is 25.9 Å². The molecule has 0 aromatic rings. The van der Waals surface area contributed by atoms with Crippen LogP contribution in [0.1, 0.15) is 341 Å². The van der Waals surface area contributed by atoms with Gasteiger partial charge in [0.2, 0.25) is 5.91 Å². The number of carbonyl (C=O) groups excluding carboxylic acids is 2. The van der Waals surface area contributed by atoms with E-state index in [2.05, 4.69) is 31.3 Å². The summed E-state index contributed by atoms with van der Waals surface area (Å²) in [6.45, 7) is 4.95. The molecular formula is C61H119NO5. The molecule has 0 radical (unpaired) electrons. The number of aliphatic hydroxyl groups is 2. The van der Waals surface area contributed by atoms with Crippen LogP contribution in [0, 0.1) is 0 Å². The van der Waals surface area contributed by atoms with Crippen molar-refractivity contribution in [2.24, 2.45) is 0 Å². The molecule has 2 unspecified atom stereocenters. The van der Waals surface area contributed by atoms with Gasteiger partial charge in [0.1, 0.15) is 0 Å². The summed E-state index contributed by atoms with van der Waals surface area (Å²) in [4.78, 5) is 24.5. The Morgan fingerprint density at radius 2 is 0.701 bits per heavy atom. The van der Waals surface area contributed by atoms with Gasteiger partial charge in [0, 0.05) is 12.8 Å². The molecule has 0 heterocycles. The zero-order chi connectivity index (χ0) is 48.6. The van der Waals surface area contributed by atoms with Gasteiger partial charge in [-0.3, -0.25) is 9.59 Å². The number of aliphatic hydroxyl groups excluding tert-OH is 2. The van der Waals surface area contributed by atoms with E-state index in [0.717, 1.165) is 38.5 Å². The van der Waals surface area contributed by atoms with Gasteiger partial charge >= 0.3 is 5.97 Å². The fourth-order valence-electron chi connectivity index (χ4n) is 9.64. The Hall–Kier alpha value is -1.40. The van der Waals surface area contributed by atoms with Crippen LogP contribution in [-0.4, -0.2) is 47.4 Å². The Kier molecular flexibility index (Phi) is 56.0. The van der Waals surface area contributed by atoms with Crippen LogP contribution in [0.2, 0.25) is 0 Å². The number of hydrogen-bond acceptors (Lipinski definition) is 5. The number of amides is 1. The maximum atomic E-state index is 12.4. The lowest BCUT2D eigenvalue weighted by molar-refractivity contribution is -0.143. The minimum absolute atomic E-state index is 0.0173. The molecule has 0 bridgehead atoms. The first-order chi connectivity index (χ1) is 33.0. The molecule has 0 aliphatic rings. The van der Waals surface area contributed by atoms with Gasteiger partial charge in [-0.15, -0.1) is 0 Å². The first-order valence-electron chi connectivity index (χ1n) is 30.4. The van der Waals surface area contributed by atoms with Gasteiger partial charge in [-0.05, 0) is 51.4 Å². The number of rotatable bonds is 57. The summed E-state index contributed by atoms with van der Waals surface area (Å²) < 4.78 is 5.49. The SMILES string of the molecule is CCCCCCCCCCCCCCCCCCC(=O)OCCCCCCCCCCCCCC/C=C\CCCCCCCCCCCC(=O)NC(CO)C(O)CCCCCCCCCCC. The van der Waals surface area contributed by atoms with Crippen molar-refractivity contribution in [1.29, 1.82) is 0 Å². The molecule has 6 nitrogen and oxygen atoms in total. The van der Waals surface area contributed by atoms with E-state index >= 15 is 0 Å². The van der Waals surface area contributed by atoms with Crippen LogP contribution < -0.4 is 5.32 Å². The van der Waals surface area contributed by atoms with E-state index in [1.54, 1.807) is 0 Å². The monoisotopic (exact) mass is 946 g/mol. The van der Waals surface area contributed by atoms with Crippen molar-refractivity contribution in [3.63, 3.8) is 0 Å². The van der Waals surface area contributed by atoms with E-state index in [4.69, 9.17) is 4.74 Å². The van der Waals surface area contributed by atoms with Gasteiger partial charge in [-0.2, -0.15) is 0 Å². The lowest BCUT2D eigenvalue weighted by Gasteiger charge is -2.22. The van der Waals surface area contributed by atoms with Gasteiger partial charge < -0.3 is 20.3 Å². The van der Waals surface area contributed by atoms with Gasteiger partial charge in [0.15, 0.2) is 0 Å². The van der Waals surface area contributed by atoms with Crippen molar-refractivity contribution in [3.8, 4) is 0 Å². The molecule has 0 aliphatic heterocycles. The summed E-state index contributed by atoms with van der Waals surface area (Å²) in [6.07, 6.45) is 68.0. The first-order valence-corrected chi connectivity index (χ1v) is 30.4. The predicted molar refractivity (Wildman–Crippen MR) is 292 cm³/mol. The second kappa shape index (κ2) is 57.2. The van der Waals surface area contributed by atoms with Crippen LogP contribution >= 0.6 is 0 Å². The molecule has 2 atom stereocenters. The third-order valence-corrected chi connectivity index (χ3v) is 14.3. The lowest BCUT2D eigenvalue weighted by Crippen LogP contribution is -2.45. The van der Waals surface area contributed by atoms with Gasteiger partial charge in [0.05, 0.1) is 25.4 Å². The Balaban J connectivity index is 3.34. The number of ether oxygens (including phenoxy) is 1. The molecule has 6 heteroatoms. The van der Waals surface area contributed by atoms with E-state index in [1.165, 1.54) is 270 Å². The number of hydrogen-bond donors (Lipinski definition) is 3. The molecule has 1 amide bonds. The minimum atomic E-state index is -0.663.